The van der Waals surface area contributed by atoms with Crippen LogP contribution in [0.15, 0.2) is 55.1 Å². The summed E-state index contributed by atoms with van der Waals surface area (Å²) in [7, 11) is 0. The molecular formula is C16H13ClN2OS. The second-order valence-electron chi connectivity index (χ2n) is 4.65. The van der Waals surface area contributed by atoms with E-state index in [1.165, 1.54) is 11.3 Å². The Bertz CT molecular complexity index is 732. The third-order valence-corrected chi connectivity index (χ3v) is 4.51. The number of carbonyl (C=O) groups is 1. The summed E-state index contributed by atoms with van der Waals surface area (Å²) >= 11 is 7.41. The van der Waals surface area contributed by atoms with E-state index in [0.29, 0.717) is 6.42 Å². The van der Waals surface area contributed by atoms with Crippen LogP contribution in [-0.2, 0) is 6.42 Å². The van der Waals surface area contributed by atoms with Crippen molar-refractivity contribution in [1.82, 2.24) is 9.55 Å². The zero-order valence-electron chi connectivity index (χ0n) is 11.2. The van der Waals surface area contributed by atoms with E-state index >= 15 is 0 Å². The highest BCUT2D eigenvalue weighted by atomic mass is 35.5. The van der Waals surface area contributed by atoms with Gasteiger partial charge in [0.05, 0.1) is 10.7 Å². The van der Waals surface area contributed by atoms with Gasteiger partial charge in [0, 0.05) is 34.9 Å². The number of imidazole rings is 1. The molecule has 0 N–H and O–H groups in total. The van der Waals surface area contributed by atoms with Crippen LogP contribution < -0.4 is 0 Å². The molecule has 0 amide bonds. The highest BCUT2D eigenvalue weighted by molar-refractivity contribution is 7.16. The van der Waals surface area contributed by atoms with Gasteiger partial charge in [-0.05, 0) is 42.8 Å². The van der Waals surface area contributed by atoms with Crippen LogP contribution in [0.1, 0.15) is 21.7 Å². The normalized spacial score (nSPS) is 10.7. The summed E-state index contributed by atoms with van der Waals surface area (Å²) in [4.78, 5) is 17.3. The van der Waals surface area contributed by atoms with Crippen molar-refractivity contribution in [3.63, 3.8) is 0 Å². The molecule has 2 aromatic heterocycles. The molecule has 0 aliphatic carbocycles. The van der Waals surface area contributed by atoms with Crippen LogP contribution in [0.5, 0.6) is 0 Å². The third-order valence-electron chi connectivity index (χ3n) is 3.22. The average molecular weight is 317 g/mol. The van der Waals surface area contributed by atoms with Crippen molar-refractivity contribution in [3.8, 4) is 5.69 Å². The molecule has 0 unspecified atom stereocenters. The Balaban J connectivity index is 1.65. The van der Waals surface area contributed by atoms with Gasteiger partial charge in [0.2, 0.25) is 0 Å². The smallest absolute Gasteiger partial charge is 0.163 e. The summed E-state index contributed by atoms with van der Waals surface area (Å²) < 4.78 is 2.67. The van der Waals surface area contributed by atoms with Crippen molar-refractivity contribution in [2.24, 2.45) is 0 Å². The van der Waals surface area contributed by atoms with E-state index in [-0.39, 0.29) is 5.78 Å². The van der Waals surface area contributed by atoms with E-state index in [4.69, 9.17) is 11.6 Å². The van der Waals surface area contributed by atoms with E-state index < -0.39 is 0 Å². The number of Topliss-reactive ketones (excluding diaryl/α,β-unsaturated/α-hetero) is 1. The highest BCUT2D eigenvalue weighted by Gasteiger charge is 2.08. The first kappa shape index (κ1) is 14.0. The van der Waals surface area contributed by atoms with Gasteiger partial charge in [-0.1, -0.05) is 11.6 Å². The van der Waals surface area contributed by atoms with E-state index in [2.05, 4.69) is 4.98 Å². The maximum absolute atomic E-state index is 12.2. The Morgan fingerprint density at radius 3 is 2.62 bits per heavy atom. The minimum Gasteiger partial charge on any atom is -0.306 e. The summed E-state index contributed by atoms with van der Waals surface area (Å²) in [5.41, 5.74) is 1.73. The Kier molecular flexibility index (Phi) is 4.18. The molecule has 5 heteroatoms. The van der Waals surface area contributed by atoms with Gasteiger partial charge in [0.1, 0.15) is 0 Å². The molecule has 3 aromatic rings. The van der Waals surface area contributed by atoms with Gasteiger partial charge in [-0.15, -0.1) is 11.3 Å². The fourth-order valence-corrected chi connectivity index (χ4v) is 3.19. The molecule has 0 atom stereocenters. The fraction of sp³-hybridized carbons (Fsp3) is 0.125. The van der Waals surface area contributed by atoms with Crippen molar-refractivity contribution in [1.29, 1.82) is 0 Å². The van der Waals surface area contributed by atoms with E-state index in [0.717, 1.165) is 26.9 Å². The lowest BCUT2D eigenvalue weighted by molar-refractivity contribution is 0.0983. The first-order chi connectivity index (χ1) is 10.2. The summed E-state index contributed by atoms with van der Waals surface area (Å²) in [6.45, 7) is 0. The van der Waals surface area contributed by atoms with Crippen LogP contribution in [0.4, 0.5) is 0 Å². The van der Waals surface area contributed by atoms with Crippen LogP contribution in [0.3, 0.4) is 0 Å². The van der Waals surface area contributed by atoms with Gasteiger partial charge in [0.15, 0.2) is 5.78 Å². The number of nitrogens with zero attached hydrogens (tertiary/aromatic N) is 2. The van der Waals surface area contributed by atoms with Crippen LogP contribution in [0, 0.1) is 0 Å². The van der Waals surface area contributed by atoms with E-state index in [1.807, 2.05) is 47.2 Å². The maximum atomic E-state index is 12.2. The third kappa shape index (κ3) is 3.40. The fourth-order valence-electron chi connectivity index (χ4n) is 2.10. The van der Waals surface area contributed by atoms with Gasteiger partial charge in [0.25, 0.3) is 0 Å². The molecule has 0 saturated heterocycles. The molecule has 21 heavy (non-hydrogen) atoms. The predicted octanol–water partition coefficient (Wildman–Crippen LogP) is 4.40. The lowest BCUT2D eigenvalue weighted by Crippen LogP contribution is -2.01. The number of halogens is 1. The summed E-state index contributed by atoms with van der Waals surface area (Å²) in [6, 6.07) is 11.4. The SMILES string of the molecule is O=C(CCc1ccc(Cl)s1)c1ccc(-n2ccnc2)cc1. The number of hydrogen-bond donors (Lipinski definition) is 0. The summed E-state index contributed by atoms with van der Waals surface area (Å²) in [6.07, 6.45) is 6.57. The first-order valence-corrected chi connectivity index (χ1v) is 7.77. The lowest BCUT2D eigenvalue weighted by Gasteiger charge is -2.04. The van der Waals surface area contributed by atoms with Crippen molar-refractivity contribution in [2.45, 2.75) is 12.8 Å². The molecule has 106 valence electrons. The summed E-state index contributed by atoms with van der Waals surface area (Å²) in [5, 5.41) is 0. The quantitative estimate of drug-likeness (QED) is 0.654. The van der Waals surface area contributed by atoms with Crippen LogP contribution in [0.2, 0.25) is 4.34 Å². The molecule has 0 saturated carbocycles. The number of hydrogen-bond acceptors (Lipinski definition) is 3. The number of rotatable bonds is 5. The van der Waals surface area contributed by atoms with Gasteiger partial charge < -0.3 is 4.57 Å². The maximum Gasteiger partial charge on any atom is 0.163 e. The monoisotopic (exact) mass is 316 g/mol. The molecule has 3 rings (SSSR count). The molecule has 0 bridgehead atoms. The number of thiophene rings is 1. The van der Waals surface area contributed by atoms with Crippen LogP contribution >= 0.6 is 22.9 Å². The Morgan fingerprint density at radius 1 is 1.19 bits per heavy atom. The van der Waals surface area contributed by atoms with Gasteiger partial charge >= 0.3 is 0 Å². The average Bonchev–Trinajstić information content (AvgIpc) is 3.16. The predicted molar refractivity (Wildman–Crippen MR) is 85.5 cm³/mol. The number of aromatic nitrogens is 2. The molecular weight excluding hydrogens is 304 g/mol. The lowest BCUT2D eigenvalue weighted by atomic mass is 10.1. The van der Waals surface area contributed by atoms with Crippen molar-refractivity contribution in [2.75, 3.05) is 0 Å². The van der Waals surface area contributed by atoms with Crippen molar-refractivity contribution >= 4 is 28.7 Å². The topological polar surface area (TPSA) is 34.9 Å². The largest absolute Gasteiger partial charge is 0.306 e. The summed E-state index contributed by atoms with van der Waals surface area (Å²) in [5.74, 6) is 0.150. The van der Waals surface area contributed by atoms with Crippen molar-refractivity contribution < 1.29 is 4.79 Å². The number of benzene rings is 1. The molecule has 1 aromatic carbocycles. The number of carbonyl (C=O) groups excluding carboxylic acids is 1. The minimum atomic E-state index is 0.150. The van der Waals surface area contributed by atoms with Crippen molar-refractivity contribution in [3.05, 3.63) is 69.9 Å². The van der Waals surface area contributed by atoms with Gasteiger partial charge in [-0.2, -0.15) is 0 Å². The zero-order chi connectivity index (χ0) is 14.7. The van der Waals surface area contributed by atoms with E-state index in [9.17, 15) is 4.79 Å². The zero-order valence-corrected chi connectivity index (χ0v) is 12.8. The molecule has 2 heterocycles. The number of aryl methyl sites for hydroxylation is 1. The Hall–Kier alpha value is -1.91. The minimum absolute atomic E-state index is 0.150. The van der Waals surface area contributed by atoms with E-state index in [1.54, 1.807) is 12.5 Å². The molecule has 3 nitrogen and oxygen atoms in total. The molecule has 0 fully saturated rings. The molecule has 0 spiro atoms. The molecule has 0 aliphatic heterocycles. The van der Waals surface area contributed by atoms with Gasteiger partial charge in [-0.3, -0.25) is 4.79 Å². The van der Waals surface area contributed by atoms with Crippen LogP contribution in [-0.4, -0.2) is 15.3 Å². The molecule has 0 aliphatic rings. The Labute approximate surface area is 131 Å². The first-order valence-electron chi connectivity index (χ1n) is 6.58. The second kappa shape index (κ2) is 6.24. The number of ketones is 1. The standard InChI is InChI=1S/C16H13ClN2OS/c17-16-8-6-14(21-16)5-7-15(20)12-1-3-13(4-2-12)19-10-9-18-11-19/h1-4,6,8-11H,5,7H2. The van der Waals surface area contributed by atoms with Gasteiger partial charge in [-0.25, -0.2) is 4.98 Å². The second-order valence-corrected chi connectivity index (χ2v) is 6.45. The Morgan fingerprint density at radius 2 is 2.00 bits per heavy atom. The molecule has 0 radical (unpaired) electrons. The van der Waals surface area contributed by atoms with Crippen LogP contribution in [0.25, 0.3) is 5.69 Å². The highest BCUT2D eigenvalue weighted by Crippen LogP contribution is 2.23.